The number of carbonyl (C=O) groups excluding carboxylic acids is 1. The molecule has 2 nitrogen and oxygen atoms in total. The van der Waals surface area contributed by atoms with Crippen LogP contribution in [0.3, 0.4) is 0 Å². The van der Waals surface area contributed by atoms with Crippen LogP contribution in [0.2, 0.25) is 0 Å². The van der Waals surface area contributed by atoms with Crippen LogP contribution in [-0.2, 0) is 0 Å². The summed E-state index contributed by atoms with van der Waals surface area (Å²) in [5.41, 5.74) is 0.258. The molecule has 1 aromatic rings. The summed E-state index contributed by atoms with van der Waals surface area (Å²) in [6, 6.07) is 4.67. The van der Waals surface area contributed by atoms with Crippen molar-refractivity contribution in [2.24, 2.45) is 0 Å². The van der Waals surface area contributed by atoms with Gasteiger partial charge in [-0.25, -0.2) is 0 Å². The quantitative estimate of drug-likeness (QED) is 0.646. The molecule has 0 heterocycles. The lowest BCUT2D eigenvalue weighted by Crippen LogP contribution is -1.99. The van der Waals surface area contributed by atoms with E-state index < -0.39 is 0 Å². The maximum Gasteiger partial charge on any atom is 0.181 e. The molecule has 0 aliphatic heterocycles. The van der Waals surface area contributed by atoms with Crippen LogP contribution in [0.1, 0.15) is 10.4 Å². The Balaban J connectivity index is 3.09. The number of benzene rings is 1. The molecule has 0 aliphatic rings. The molecule has 1 rings (SSSR count). The van der Waals surface area contributed by atoms with Crippen molar-refractivity contribution in [1.82, 2.24) is 0 Å². The molecule has 0 fully saturated rings. The minimum atomic E-state index is -0.276. The van der Waals surface area contributed by atoms with Gasteiger partial charge in [0.25, 0.3) is 0 Å². The monoisotopic (exact) mass is 248 g/mol. The lowest BCUT2D eigenvalue weighted by molar-refractivity contribution is 0.101. The van der Waals surface area contributed by atoms with Gasteiger partial charge in [-0.05, 0) is 18.2 Å². The van der Waals surface area contributed by atoms with Crippen molar-refractivity contribution in [3.05, 3.63) is 28.2 Å². The predicted molar refractivity (Wildman–Crippen MR) is 50.9 cm³/mol. The molecule has 0 radical (unpaired) electrons. The SMILES string of the molecule is O=C(CCl)c1ccc(Br)cc1O. The molecule has 1 aromatic carbocycles. The molecule has 0 unspecified atom stereocenters. The standard InChI is InChI=1S/C8H6BrClO2/c9-5-1-2-6(7(11)3-5)8(12)4-10/h1-3,11H,4H2. The van der Waals surface area contributed by atoms with Crippen molar-refractivity contribution < 1.29 is 9.90 Å². The molecule has 0 saturated heterocycles. The van der Waals surface area contributed by atoms with E-state index in [0.29, 0.717) is 0 Å². The van der Waals surface area contributed by atoms with Crippen molar-refractivity contribution >= 4 is 33.3 Å². The fraction of sp³-hybridized carbons (Fsp3) is 0.125. The molecular weight excluding hydrogens is 243 g/mol. The van der Waals surface area contributed by atoms with Crippen molar-refractivity contribution in [3.63, 3.8) is 0 Å². The summed E-state index contributed by atoms with van der Waals surface area (Å²) in [5.74, 6) is -0.438. The summed E-state index contributed by atoms with van der Waals surface area (Å²) in [5, 5.41) is 9.28. The van der Waals surface area contributed by atoms with Crippen LogP contribution in [0, 0.1) is 0 Å². The summed E-state index contributed by atoms with van der Waals surface area (Å²) in [6.07, 6.45) is 0. The normalized spacial score (nSPS) is 9.83. The van der Waals surface area contributed by atoms with Crippen LogP contribution in [0.15, 0.2) is 22.7 Å². The largest absolute Gasteiger partial charge is 0.507 e. The molecule has 0 aliphatic carbocycles. The third-order valence-corrected chi connectivity index (χ3v) is 2.12. The van der Waals surface area contributed by atoms with E-state index >= 15 is 0 Å². The average Bonchev–Trinajstić information content (AvgIpc) is 2.03. The third kappa shape index (κ3) is 1.99. The van der Waals surface area contributed by atoms with E-state index in [0.717, 1.165) is 4.47 Å². The highest BCUT2D eigenvalue weighted by atomic mass is 79.9. The number of carbonyl (C=O) groups is 1. The van der Waals surface area contributed by atoms with E-state index in [1.54, 1.807) is 6.07 Å². The first-order valence-corrected chi connectivity index (χ1v) is 4.55. The lowest BCUT2D eigenvalue weighted by Gasteiger charge is -2.00. The van der Waals surface area contributed by atoms with Crippen LogP contribution in [0.25, 0.3) is 0 Å². The second-order valence-corrected chi connectivity index (χ2v) is 3.40. The molecule has 0 aromatic heterocycles. The molecule has 0 saturated carbocycles. The molecule has 1 N–H and O–H groups in total. The minimum Gasteiger partial charge on any atom is -0.507 e. The molecule has 0 bridgehead atoms. The Kier molecular flexibility index (Phi) is 3.12. The molecule has 0 atom stereocenters. The Morgan fingerprint density at radius 3 is 2.75 bits per heavy atom. The third-order valence-electron chi connectivity index (χ3n) is 1.38. The number of halogens is 2. The zero-order chi connectivity index (χ0) is 9.14. The Hall–Kier alpha value is -0.540. The van der Waals surface area contributed by atoms with Gasteiger partial charge in [0, 0.05) is 4.47 Å². The zero-order valence-electron chi connectivity index (χ0n) is 6.05. The van der Waals surface area contributed by atoms with E-state index in [9.17, 15) is 9.90 Å². The molecule has 12 heavy (non-hydrogen) atoms. The smallest absolute Gasteiger partial charge is 0.181 e. The minimum absolute atomic E-state index is 0.0463. The van der Waals surface area contributed by atoms with Crippen LogP contribution in [-0.4, -0.2) is 16.8 Å². The number of hydrogen-bond acceptors (Lipinski definition) is 2. The highest BCUT2D eigenvalue weighted by Crippen LogP contribution is 2.22. The lowest BCUT2D eigenvalue weighted by atomic mass is 10.1. The van der Waals surface area contributed by atoms with Crippen LogP contribution < -0.4 is 0 Å². The number of phenolic OH excluding ortho intramolecular Hbond substituents is 1. The number of ketones is 1. The number of hydrogen-bond donors (Lipinski definition) is 1. The van der Waals surface area contributed by atoms with E-state index in [2.05, 4.69) is 15.9 Å². The number of alkyl halides is 1. The van der Waals surface area contributed by atoms with Crippen molar-refractivity contribution in [1.29, 1.82) is 0 Å². The first-order valence-electron chi connectivity index (χ1n) is 3.23. The molecule has 64 valence electrons. The maximum atomic E-state index is 11.0. The number of phenols is 1. The molecule has 0 amide bonds. The molecule has 0 spiro atoms. The van der Waals surface area contributed by atoms with E-state index in [1.165, 1.54) is 12.1 Å². The van der Waals surface area contributed by atoms with Gasteiger partial charge in [0.2, 0.25) is 0 Å². The number of aromatic hydroxyl groups is 1. The van der Waals surface area contributed by atoms with Gasteiger partial charge in [0.15, 0.2) is 5.78 Å². The zero-order valence-corrected chi connectivity index (χ0v) is 8.39. The van der Waals surface area contributed by atoms with Crippen LogP contribution in [0.4, 0.5) is 0 Å². The van der Waals surface area contributed by atoms with Gasteiger partial charge in [-0.15, -0.1) is 11.6 Å². The van der Waals surface area contributed by atoms with Gasteiger partial charge < -0.3 is 5.11 Å². The average molecular weight is 249 g/mol. The fourth-order valence-corrected chi connectivity index (χ4v) is 1.31. The van der Waals surface area contributed by atoms with E-state index in [-0.39, 0.29) is 23.0 Å². The Labute approximate surface area is 83.3 Å². The second-order valence-electron chi connectivity index (χ2n) is 2.22. The van der Waals surface area contributed by atoms with Crippen molar-refractivity contribution in [2.45, 2.75) is 0 Å². The topological polar surface area (TPSA) is 37.3 Å². The highest BCUT2D eigenvalue weighted by molar-refractivity contribution is 9.10. The molecule has 4 heteroatoms. The first-order chi connectivity index (χ1) is 5.65. The van der Waals surface area contributed by atoms with Crippen LogP contribution >= 0.6 is 27.5 Å². The number of rotatable bonds is 2. The first kappa shape index (κ1) is 9.55. The Morgan fingerprint density at radius 2 is 2.25 bits per heavy atom. The number of Topliss-reactive ketones (excluding diaryl/α,β-unsaturated/α-hetero) is 1. The summed E-state index contributed by atoms with van der Waals surface area (Å²) >= 11 is 8.49. The predicted octanol–water partition coefficient (Wildman–Crippen LogP) is 2.58. The Bertz CT molecular complexity index is 312. The summed E-state index contributed by atoms with van der Waals surface area (Å²) < 4.78 is 0.728. The summed E-state index contributed by atoms with van der Waals surface area (Å²) in [4.78, 5) is 11.0. The Morgan fingerprint density at radius 1 is 1.58 bits per heavy atom. The summed E-state index contributed by atoms with van der Waals surface area (Å²) in [7, 11) is 0. The second kappa shape index (κ2) is 3.92. The van der Waals surface area contributed by atoms with Gasteiger partial charge >= 0.3 is 0 Å². The van der Waals surface area contributed by atoms with Crippen LogP contribution in [0.5, 0.6) is 5.75 Å². The molecular formula is C8H6BrClO2. The van der Waals surface area contributed by atoms with Crippen molar-refractivity contribution in [3.8, 4) is 5.75 Å². The van der Waals surface area contributed by atoms with Gasteiger partial charge in [0.1, 0.15) is 5.75 Å². The summed E-state index contributed by atoms with van der Waals surface area (Å²) in [6.45, 7) is 0. The van der Waals surface area contributed by atoms with Crippen molar-refractivity contribution in [2.75, 3.05) is 5.88 Å². The van der Waals surface area contributed by atoms with Gasteiger partial charge in [0.05, 0.1) is 11.4 Å². The van der Waals surface area contributed by atoms with Gasteiger partial charge in [-0.2, -0.15) is 0 Å². The highest BCUT2D eigenvalue weighted by Gasteiger charge is 2.09. The fourth-order valence-electron chi connectivity index (χ4n) is 0.813. The van der Waals surface area contributed by atoms with Gasteiger partial charge in [-0.1, -0.05) is 15.9 Å². The van der Waals surface area contributed by atoms with E-state index in [4.69, 9.17) is 11.6 Å². The van der Waals surface area contributed by atoms with E-state index in [1.807, 2.05) is 0 Å². The maximum absolute atomic E-state index is 11.0. The van der Waals surface area contributed by atoms with Gasteiger partial charge in [-0.3, -0.25) is 4.79 Å².